The van der Waals surface area contributed by atoms with E-state index in [4.69, 9.17) is 16.3 Å². The Morgan fingerprint density at radius 2 is 2.27 bits per heavy atom. The van der Waals surface area contributed by atoms with Gasteiger partial charge in [0.15, 0.2) is 0 Å². The molecule has 4 heteroatoms. The molecule has 82 valence electrons. The number of ether oxygens (including phenoxy) is 1. The smallest absolute Gasteiger partial charge is 0.124 e. The Kier molecular flexibility index (Phi) is 2.85. The lowest BCUT2D eigenvalue weighted by molar-refractivity contribution is -0.0924. The van der Waals surface area contributed by atoms with Crippen LogP contribution in [0.25, 0.3) is 0 Å². The molecule has 1 N–H and O–H groups in total. The molecule has 1 heterocycles. The van der Waals surface area contributed by atoms with Crippen molar-refractivity contribution in [2.45, 2.75) is 6.92 Å². The molecule has 1 aliphatic rings. The largest absolute Gasteiger partial charge is 0.383 e. The second-order valence-corrected chi connectivity index (χ2v) is 4.69. The molecule has 0 aromatic heterocycles. The van der Waals surface area contributed by atoms with Gasteiger partial charge in [0, 0.05) is 12.0 Å². The summed E-state index contributed by atoms with van der Waals surface area (Å²) in [7, 11) is 0. The third-order valence-corrected chi connectivity index (χ3v) is 2.85. The maximum Gasteiger partial charge on any atom is 0.124 e. The Bertz CT molecular complexity index is 366. The normalized spacial score (nSPS) is 18.3. The summed E-state index contributed by atoms with van der Waals surface area (Å²) in [6.07, 6.45) is 0. The molecule has 0 amide bonds. The Morgan fingerprint density at radius 3 is 2.80 bits per heavy atom. The van der Waals surface area contributed by atoms with Crippen molar-refractivity contribution in [2.75, 3.05) is 25.1 Å². The molecule has 1 aliphatic heterocycles. The van der Waals surface area contributed by atoms with Gasteiger partial charge in [-0.15, -0.1) is 0 Å². The first kappa shape index (κ1) is 10.7. The predicted octanol–water partition coefficient (Wildman–Crippen LogP) is 2.93. The van der Waals surface area contributed by atoms with Gasteiger partial charge in [-0.2, -0.15) is 0 Å². The maximum atomic E-state index is 12.8. The molecule has 0 spiro atoms. The van der Waals surface area contributed by atoms with E-state index < -0.39 is 0 Å². The Morgan fingerprint density at radius 1 is 1.53 bits per heavy atom. The average molecular weight is 230 g/mol. The van der Waals surface area contributed by atoms with E-state index in [1.165, 1.54) is 12.1 Å². The second kappa shape index (κ2) is 3.99. The number of hydrogen-bond acceptors (Lipinski definition) is 2. The van der Waals surface area contributed by atoms with Crippen LogP contribution in [0.4, 0.5) is 10.1 Å². The van der Waals surface area contributed by atoms with Crippen molar-refractivity contribution in [3.8, 4) is 0 Å². The molecule has 1 aromatic rings. The number of rotatable bonds is 3. The molecule has 1 saturated heterocycles. The summed E-state index contributed by atoms with van der Waals surface area (Å²) >= 11 is 5.89. The van der Waals surface area contributed by atoms with Crippen LogP contribution in [0.3, 0.4) is 0 Å². The molecule has 2 rings (SSSR count). The van der Waals surface area contributed by atoms with Gasteiger partial charge in [0.25, 0.3) is 0 Å². The molecule has 0 bridgehead atoms. The highest BCUT2D eigenvalue weighted by Crippen LogP contribution is 2.29. The quantitative estimate of drug-likeness (QED) is 0.861. The summed E-state index contributed by atoms with van der Waals surface area (Å²) in [5.41, 5.74) is 0.948. The van der Waals surface area contributed by atoms with E-state index in [9.17, 15) is 4.39 Å². The Balaban J connectivity index is 1.98. The fraction of sp³-hybridized carbons (Fsp3) is 0.455. The molecule has 15 heavy (non-hydrogen) atoms. The highest BCUT2D eigenvalue weighted by atomic mass is 35.5. The highest BCUT2D eigenvalue weighted by Gasteiger charge is 2.33. The summed E-state index contributed by atoms with van der Waals surface area (Å²) in [6.45, 7) is 4.46. The van der Waals surface area contributed by atoms with Crippen LogP contribution >= 0.6 is 11.6 Å². The lowest BCUT2D eigenvalue weighted by Gasteiger charge is -2.38. The van der Waals surface area contributed by atoms with Gasteiger partial charge in [0.2, 0.25) is 0 Å². The van der Waals surface area contributed by atoms with E-state index in [-0.39, 0.29) is 11.2 Å². The van der Waals surface area contributed by atoms with E-state index in [0.29, 0.717) is 5.02 Å². The molecule has 1 fully saturated rings. The van der Waals surface area contributed by atoms with Crippen LogP contribution in [0.15, 0.2) is 18.2 Å². The zero-order chi connectivity index (χ0) is 10.9. The molecule has 1 aromatic carbocycles. The lowest BCUT2D eigenvalue weighted by atomic mass is 9.89. The van der Waals surface area contributed by atoms with E-state index >= 15 is 0 Å². The minimum Gasteiger partial charge on any atom is -0.383 e. The van der Waals surface area contributed by atoms with Crippen molar-refractivity contribution in [1.29, 1.82) is 0 Å². The molecule has 0 unspecified atom stereocenters. The van der Waals surface area contributed by atoms with Gasteiger partial charge in [-0.25, -0.2) is 4.39 Å². The van der Waals surface area contributed by atoms with Crippen LogP contribution < -0.4 is 5.32 Å². The fourth-order valence-electron chi connectivity index (χ4n) is 1.49. The number of halogens is 2. The van der Waals surface area contributed by atoms with Crippen LogP contribution in [0.1, 0.15) is 6.92 Å². The molecular weight excluding hydrogens is 217 g/mol. The average Bonchev–Trinajstić information content (AvgIpc) is 2.14. The van der Waals surface area contributed by atoms with Crippen LogP contribution in [0.5, 0.6) is 0 Å². The molecule has 0 atom stereocenters. The van der Waals surface area contributed by atoms with E-state index in [0.717, 1.165) is 25.4 Å². The van der Waals surface area contributed by atoms with Gasteiger partial charge < -0.3 is 10.1 Å². The zero-order valence-electron chi connectivity index (χ0n) is 8.52. The minimum absolute atomic E-state index is 0.178. The molecular formula is C11H13ClFNO. The van der Waals surface area contributed by atoms with E-state index in [1.807, 2.05) is 0 Å². The summed E-state index contributed by atoms with van der Waals surface area (Å²) < 4.78 is 17.9. The summed E-state index contributed by atoms with van der Waals surface area (Å²) in [5.74, 6) is -0.316. The van der Waals surface area contributed by atoms with Crippen molar-refractivity contribution in [2.24, 2.45) is 5.41 Å². The van der Waals surface area contributed by atoms with Crippen molar-refractivity contribution < 1.29 is 9.13 Å². The van der Waals surface area contributed by atoms with Crippen LogP contribution in [0, 0.1) is 11.2 Å². The number of benzene rings is 1. The molecule has 2 nitrogen and oxygen atoms in total. The fourth-order valence-corrected chi connectivity index (χ4v) is 1.73. The number of nitrogens with one attached hydrogen (secondary N) is 1. The van der Waals surface area contributed by atoms with Crippen LogP contribution in [-0.2, 0) is 4.74 Å². The van der Waals surface area contributed by atoms with Crippen molar-refractivity contribution in [3.05, 3.63) is 29.0 Å². The number of anilines is 1. The Labute approximate surface area is 93.4 Å². The van der Waals surface area contributed by atoms with Crippen molar-refractivity contribution >= 4 is 17.3 Å². The van der Waals surface area contributed by atoms with Crippen LogP contribution in [-0.4, -0.2) is 19.8 Å². The topological polar surface area (TPSA) is 21.3 Å². The van der Waals surface area contributed by atoms with Crippen LogP contribution in [0.2, 0.25) is 5.02 Å². The maximum absolute atomic E-state index is 12.8. The predicted molar refractivity (Wildman–Crippen MR) is 58.8 cm³/mol. The standard InChI is InChI=1S/C11H13ClFNO/c1-11(6-15-7-11)5-14-10-3-2-8(13)4-9(10)12/h2-4,14H,5-7H2,1H3. The lowest BCUT2D eigenvalue weighted by Crippen LogP contribution is -2.45. The second-order valence-electron chi connectivity index (χ2n) is 4.28. The molecule has 0 saturated carbocycles. The summed E-state index contributed by atoms with van der Waals surface area (Å²) in [6, 6.07) is 4.36. The van der Waals surface area contributed by atoms with Gasteiger partial charge in [-0.05, 0) is 18.2 Å². The zero-order valence-corrected chi connectivity index (χ0v) is 9.27. The third kappa shape index (κ3) is 2.41. The summed E-state index contributed by atoms with van der Waals surface area (Å²) in [5, 5.41) is 3.62. The van der Waals surface area contributed by atoms with Gasteiger partial charge in [0.1, 0.15) is 5.82 Å². The van der Waals surface area contributed by atoms with Crippen molar-refractivity contribution in [1.82, 2.24) is 0 Å². The highest BCUT2D eigenvalue weighted by molar-refractivity contribution is 6.33. The minimum atomic E-state index is -0.316. The third-order valence-electron chi connectivity index (χ3n) is 2.54. The first-order valence-electron chi connectivity index (χ1n) is 4.86. The van der Waals surface area contributed by atoms with Gasteiger partial charge >= 0.3 is 0 Å². The number of hydrogen-bond donors (Lipinski definition) is 1. The van der Waals surface area contributed by atoms with E-state index in [1.54, 1.807) is 6.07 Å². The molecule has 0 aliphatic carbocycles. The van der Waals surface area contributed by atoms with Gasteiger partial charge in [-0.3, -0.25) is 0 Å². The van der Waals surface area contributed by atoms with E-state index in [2.05, 4.69) is 12.2 Å². The SMILES string of the molecule is CC1(CNc2ccc(F)cc2Cl)COC1. The first-order valence-corrected chi connectivity index (χ1v) is 5.24. The monoisotopic (exact) mass is 229 g/mol. The van der Waals surface area contributed by atoms with Crippen molar-refractivity contribution in [3.63, 3.8) is 0 Å². The molecule has 0 radical (unpaired) electrons. The Hall–Kier alpha value is -0.800. The summed E-state index contributed by atoms with van der Waals surface area (Å²) in [4.78, 5) is 0. The van der Waals surface area contributed by atoms with Gasteiger partial charge in [0.05, 0.1) is 23.9 Å². The first-order chi connectivity index (χ1) is 7.09. The van der Waals surface area contributed by atoms with Gasteiger partial charge in [-0.1, -0.05) is 18.5 Å².